The number of hydrogen-bond acceptors (Lipinski definition) is 5. The molecule has 0 aliphatic carbocycles. The second-order valence-electron chi connectivity index (χ2n) is 6.45. The molecule has 0 fully saturated rings. The number of aryl methyl sites for hydroxylation is 1. The quantitative estimate of drug-likeness (QED) is 0.508. The smallest absolute Gasteiger partial charge is 0.339 e. The number of hydrogen-bond donors (Lipinski definition) is 1. The van der Waals surface area contributed by atoms with Crippen molar-refractivity contribution in [3.05, 3.63) is 65.7 Å². The summed E-state index contributed by atoms with van der Waals surface area (Å²) in [6, 6.07) is 10.7. The van der Waals surface area contributed by atoms with Gasteiger partial charge in [-0.15, -0.1) is 6.58 Å². The highest BCUT2D eigenvalue weighted by molar-refractivity contribution is 5.97. The van der Waals surface area contributed by atoms with Crippen molar-refractivity contribution >= 4 is 17.6 Å². The average Bonchev–Trinajstić information content (AvgIpc) is 2.73. The van der Waals surface area contributed by atoms with Crippen molar-refractivity contribution in [1.82, 2.24) is 0 Å². The summed E-state index contributed by atoms with van der Waals surface area (Å²) in [5.41, 5.74) is 2.83. The summed E-state index contributed by atoms with van der Waals surface area (Å²) < 4.78 is 16.0. The number of allylic oxidation sites excluding steroid dienone is 1. The number of nitrogens with one attached hydrogen (secondary N) is 1. The summed E-state index contributed by atoms with van der Waals surface area (Å²) >= 11 is 0. The first-order valence-electron chi connectivity index (χ1n) is 9.40. The van der Waals surface area contributed by atoms with Gasteiger partial charge < -0.3 is 19.5 Å². The van der Waals surface area contributed by atoms with Crippen LogP contribution in [0, 0.1) is 0 Å². The number of rotatable bonds is 9. The lowest BCUT2D eigenvalue weighted by Gasteiger charge is -2.16. The molecule has 1 amide bonds. The van der Waals surface area contributed by atoms with Gasteiger partial charge in [-0.2, -0.15) is 0 Å². The van der Waals surface area contributed by atoms with Gasteiger partial charge in [0.1, 0.15) is 0 Å². The van der Waals surface area contributed by atoms with Gasteiger partial charge in [0.05, 0.1) is 19.8 Å². The minimum Gasteiger partial charge on any atom is -0.493 e. The van der Waals surface area contributed by atoms with Crippen molar-refractivity contribution in [2.24, 2.45) is 0 Å². The number of carbonyl (C=O) groups is 2. The van der Waals surface area contributed by atoms with Crippen LogP contribution >= 0.6 is 0 Å². The molecule has 0 heterocycles. The van der Waals surface area contributed by atoms with E-state index in [-0.39, 0.29) is 5.56 Å². The van der Waals surface area contributed by atoms with Crippen LogP contribution in [0.15, 0.2) is 49.1 Å². The van der Waals surface area contributed by atoms with E-state index in [0.29, 0.717) is 23.6 Å². The molecule has 1 N–H and O–H groups in total. The van der Waals surface area contributed by atoms with Crippen LogP contribution in [0.25, 0.3) is 0 Å². The van der Waals surface area contributed by atoms with Crippen LogP contribution in [0.4, 0.5) is 5.69 Å². The third-order valence-corrected chi connectivity index (χ3v) is 4.44. The fourth-order valence-corrected chi connectivity index (χ4v) is 2.82. The Morgan fingerprint density at radius 1 is 1.14 bits per heavy atom. The van der Waals surface area contributed by atoms with Crippen LogP contribution in [-0.4, -0.2) is 32.2 Å². The maximum absolute atomic E-state index is 12.6. The number of esters is 1. The Labute approximate surface area is 171 Å². The van der Waals surface area contributed by atoms with Crippen molar-refractivity contribution in [1.29, 1.82) is 0 Å². The van der Waals surface area contributed by atoms with E-state index < -0.39 is 18.0 Å². The number of benzene rings is 2. The van der Waals surface area contributed by atoms with E-state index in [1.54, 1.807) is 12.1 Å². The van der Waals surface area contributed by atoms with Crippen molar-refractivity contribution in [2.45, 2.75) is 32.8 Å². The lowest BCUT2D eigenvalue weighted by molar-refractivity contribution is -0.123. The SMILES string of the molecule is C=CCc1cc(C(=O)OC(C)C(=O)Nc2ccc(CC)cc2)cc(OC)c1OC. The normalized spacial score (nSPS) is 11.3. The Balaban J connectivity index is 2.12. The minimum absolute atomic E-state index is 0.270. The second-order valence-corrected chi connectivity index (χ2v) is 6.45. The minimum atomic E-state index is -0.968. The maximum atomic E-state index is 12.6. The van der Waals surface area contributed by atoms with Crippen molar-refractivity contribution in [3.63, 3.8) is 0 Å². The Kier molecular flexibility index (Phi) is 7.83. The molecule has 0 aliphatic rings. The van der Waals surface area contributed by atoms with Gasteiger partial charge in [-0.05, 0) is 49.6 Å². The Bertz CT molecular complexity index is 874. The molecule has 0 aliphatic heterocycles. The fourth-order valence-electron chi connectivity index (χ4n) is 2.82. The van der Waals surface area contributed by atoms with E-state index in [2.05, 4.69) is 18.8 Å². The summed E-state index contributed by atoms with van der Waals surface area (Å²) in [5.74, 6) is -0.0909. The van der Waals surface area contributed by atoms with Crippen LogP contribution < -0.4 is 14.8 Å². The molecule has 0 spiro atoms. The van der Waals surface area contributed by atoms with Crippen LogP contribution in [-0.2, 0) is 22.4 Å². The van der Waals surface area contributed by atoms with E-state index in [1.165, 1.54) is 32.8 Å². The van der Waals surface area contributed by atoms with Gasteiger partial charge in [0.2, 0.25) is 0 Å². The molecule has 0 saturated heterocycles. The zero-order valence-corrected chi connectivity index (χ0v) is 17.3. The van der Waals surface area contributed by atoms with E-state index in [9.17, 15) is 9.59 Å². The lowest BCUT2D eigenvalue weighted by atomic mass is 10.1. The van der Waals surface area contributed by atoms with Crippen molar-refractivity contribution in [3.8, 4) is 11.5 Å². The van der Waals surface area contributed by atoms with Gasteiger partial charge in [0.25, 0.3) is 5.91 Å². The predicted octanol–water partition coefficient (Wildman–Crippen LogP) is 4.18. The van der Waals surface area contributed by atoms with Gasteiger partial charge in [0.15, 0.2) is 17.6 Å². The standard InChI is InChI=1S/C23H27NO5/c1-6-8-17-13-18(14-20(27-4)21(17)28-5)23(26)29-15(3)22(25)24-19-11-9-16(7-2)10-12-19/h6,9-15H,1,7-8H2,2-5H3,(H,24,25). The van der Waals surface area contributed by atoms with E-state index in [0.717, 1.165) is 12.0 Å². The molecule has 2 aromatic rings. The molecule has 2 aromatic carbocycles. The van der Waals surface area contributed by atoms with Gasteiger partial charge in [-0.25, -0.2) is 4.79 Å². The van der Waals surface area contributed by atoms with Gasteiger partial charge in [-0.1, -0.05) is 25.1 Å². The highest BCUT2D eigenvalue weighted by Gasteiger charge is 2.22. The Morgan fingerprint density at radius 2 is 1.83 bits per heavy atom. The first-order valence-corrected chi connectivity index (χ1v) is 9.40. The van der Waals surface area contributed by atoms with Gasteiger partial charge >= 0.3 is 5.97 Å². The molecule has 1 unspecified atom stereocenters. The van der Waals surface area contributed by atoms with E-state index in [4.69, 9.17) is 14.2 Å². The van der Waals surface area contributed by atoms with Crippen molar-refractivity contribution < 1.29 is 23.8 Å². The molecule has 0 aromatic heterocycles. The third-order valence-electron chi connectivity index (χ3n) is 4.44. The number of carbonyl (C=O) groups excluding carboxylic acids is 2. The summed E-state index contributed by atoms with van der Waals surface area (Å²) in [7, 11) is 3.02. The molecule has 0 radical (unpaired) electrons. The molecule has 1 atom stereocenters. The molecule has 6 heteroatoms. The third kappa shape index (κ3) is 5.60. The molecule has 6 nitrogen and oxygen atoms in total. The summed E-state index contributed by atoms with van der Waals surface area (Å²) in [5, 5.41) is 2.75. The van der Waals surface area contributed by atoms with Gasteiger partial charge in [-0.3, -0.25) is 4.79 Å². The average molecular weight is 397 g/mol. The summed E-state index contributed by atoms with van der Waals surface area (Å²) in [4.78, 5) is 25.0. The fraction of sp³-hybridized carbons (Fsp3) is 0.304. The summed E-state index contributed by atoms with van der Waals surface area (Å²) in [6.45, 7) is 7.30. The molecule has 154 valence electrons. The maximum Gasteiger partial charge on any atom is 0.339 e. The van der Waals surface area contributed by atoms with Gasteiger partial charge in [0, 0.05) is 11.3 Å². The molecule has 29 heavy (non-hydrogen) atoms. The van der Waals surface area contributed by atoms with Crippen LogP contribution in [0.1, 0.15) is 35.3 Å². The molecule has 0 bridgehead atoms. The second kappa shape index (κ2) is 10.3. The van der Waals surface area contributed by atoms with E-state index in [1.807, 2.05) is 24.3 Å². The lowest BCUT2D eigenvalue weighted by Crippen LogP contribution is -2.30. The number of ether oxygens (including phenoxy) is 3. The molecule has 2 rings (SSSR count). The topological polar surface area (TPSA) is 73.9 Å². The number of amides is 1. The Morgan fingerprint density at radius 3 is 2.38 bits per heavy atom. The molecule has 0 saturated carbocycles. The van der Waals surface area contributed by atoms with Crippen LogP contribution in [0.3, 0.4) is 0 Å². The Hall–Kier alpha value is -3.28. The number of methoxy groups -OCH3 is 2. The molecular formula is C23H27NO5. The van der Waals surface area contributed by atoms with Crippen LogP contribution in [0.2, 0.25) is 0 Å². The largest absolute Gasteiger partial charge is 0.493 e. The first kappa shape index (κ1) is 22.0. The monoisotopic (exact) mass is 397 g/mol. The highest BCUT2D eigenvalue weighted by Crippen LogP contribution is 2.33. The zero-order valence-electron chi connectivity index (χ0n) is 17.3. The molecular weight excluding hydrogens is 370 g/mol. The van der Waals surface area contributed by atoms with Crippen molar-refractivity contribution in [2.75, 3.05) is 19.5 Å². The highest BCUT2D eigenvalue weighted by atomic mass is 16.5. The van der Waals surface area contributed by atoms with E-state index >= 15 is 0 Å². The first-order chi connectivity index (χ1) is 13.9. The predicted molar refractivity (Wildman–Crippen MR) is 113 cm³/mol. The summed E-state index contributed by atoms with van der Waals surface area (Å²) in [6.07, 6.45) is 2.14. The number of anilines is 1. The van der Waals surface area contributed by atoms with Crippen LogP contribution in [0.5, 0.6) is 11.5 Å². The zero-order chi connectivity index (χ0) is 21.4.